The molecule has 0 spiro atoms. The maximum atomic E-state index is 12.9. The molecule has 3 aromatic rings. The van der Waals surface area contributed by atoms with Crippen molar-refractivity contribution >= 4 is 40.2 Å². The van der Waals surface area contributed by atoms with Gasteiger partial charge in [-0.2, -0.15) is 0 Å². The maximum absolute atomic E-state index is 12.9. The zero-order valence-corrected chi connectivity index (χ0v) is 18.5. The van der Waals surface area contributed by atoms with Gasteiger partial charge < -0.3 is 25.2 Å². The number of piperazine rings is 1. The average molecular weight is 433 g/mol. The molecule has 2 amide bonds. The van der Waals surface area contributed by atoms with E-state index >= 15 is 0 Å². The van der Waals surface area contributed by atoms with Crippen LogP contribution >= 0.6 is 0 Å². The third-order valence-corrected chi connectivity index (χ3v) is 5.69. The quantitative estimate of drug-likeness (QED) is 0.608. The van der Waals surface area contributed by atoms with Gasteiger partial charge in [0.15, 0.2) is 0 Å². The van der Waals surface area contributed by atoms with Crippen LogP contribution < -0.4 is 15.4 Å². The lowest BCUT2D eigenvalue weighted by Gasteiger charge is -2.34. The second kappa shape index (κ2) is 9.65. The number of hydrogen-bond acceptors (Lipinski definition) is 6. The van der Waals surface area contributed by atoms with Crippen LogP contribution in [0.5, 0.6) is 5.75 Å². The van der Waals surface area contributed by atoms with Crippen molar-refractivity contribution in [3.8, 4) is 5.75 Å². The van der Waals surface area contributed by atoms with Gasteiger partial charge in [0.25, 0.3) is 0 Å². The third kappa shape index (κ3) is 4.65. The van der Waals surface area contributed by atoms with Crippen molar-refractivity contribution in [2.24, 2.45) is 0 Å². The highest BCUT2D eigenvalue weighted by Gasteiger charge is 2.21. The Kier molecular flexibility index (Phi) is 6.51. The van der Waals surface area contributed by atoms with Gasteiger partial charge in [0, 0.05) is 43.3 Å². The first-order chi connectivity index (χ1) is 15.6. The molecule has 1 aliphatic rings. The van der Waals surface area contributed by atoms with Crippen molar-refractivity contribution in [1.82, 2.24) is 19.8 Å². The number of carbonyl (C=O) groups excluding carboxylic acids is 1. The third-order valence-electron chi connectivity index (χ3n) is 5.69. The summed E-state index contributed by atoms with van der Waals surface area (Å²) in [6.07, 6.45) is 3.30. The smallest absolute Gasteiger partial charge is 0.322 e. The van der Waals surface area contributed by atoms with Crippen LogP contribution in [-0.2, 0) is 0 Å². The van der Waals surface area contributed by atoms with E-state index in [1.807, 2.05) is 41.3 Å². The molecule has 1 aromatic heterocycles. The largest absolute Gasteiger partial charge is 0.494 e. The first-order valence-corrected chi connectivity index (χ1v) is 10.7. The van der Waals surface area contributed by atoms with E-state index in [-0.39, 0.29) is 6.03 Å². The highest BCUT2D eigenvalue weighted by Crippen LogP contribution is 2.33. The molecule has 0 bridgehead atoms. The first kappa shape index (κ1) is 21.6. The van der Waals surface area contributed by atoms with E-state index in [1.165, 1.54) is 6.33 Å². The molecule has 8 nitrogen and oxygen atoms in total. The number of nitrogens with zero attached hydrogens (tertiary/aromatic N) is 4. The molecule has 0 aliphatic carbocycles. The number of aromatic nitrogens is 2. The van der Waals surface area contributed by atoms with Crippen LogP contribution in [0.2, 0.25) is 0 Å². The molecule has 166 valence electrons. The van der Waals surface area contributed by atoms with Crippen molar-refractivity contribution in [3.05, 3.63) is 54.9 Å². The number of urea groups is 1. The van der Waals surface area contributed by atoms with Crippen molar-refractivity contribution in [2.75, 3.05) is 50.5 Å². The molecule has 0 saturated carbocycles. The van der Waals surface area contributed by atoms with Crippen molar-refractivity contribution in [1.29, 1.82) is 0 Å². The van der Waals surface area contributed by atoms with Crippen LogP contribution in [0.1, 0.15) is 12.5 Å². The molecule has 8 heteroatoms. The molecule has 1 aliphatic heterocycles. The van der Waals surface area contributed by atoms with Crippen LogP contribution in [0, 0.1) is 0 Å². The summed E-state index contributed by atoms with van der Waals surface area (Å²) in [5.41, 5.74) is 3.19. The topological polar surface area (TPSA) is 82.6 Å². The normalized spacial score (nSPS) is 14.2. The van der Waals surface area contributed by atoms with E-state index in [9.17, 15) is 4.79 Å². The molecule has 2 heterocycles. The number of benzene rings is 2. The van der Waals surface area contributed by atoms with Crippen molar-refractivity contribution in [3.63, 3.8) is 0 Å². The predicted molar refractivity (Wildman–Crippen MR) is 129 cm³/mol. The van der Waals surface area contributed by atoms with Gasteiger partial charge in [0.05, 0.1) is 18.3 Å². The number of nitrogens with one attached hydrogen (secondary N) is 2. The van der Waals surface area contributed by atoms with Gasteiger partial charge in [-0.3, -0.25) is 0 Å². The van der Waals surface area contributed by atoms with Gasteiger partial charge >= 0.3 is 6.03 Å². The van der Waals surface area contributed by atoms with Crippen LogP contribution in [0.4, 0.5) is 22.0 Å². The Bertz CT molecular complexity index is 1120. The minimum absolute atomic E-state index is 0.136. The van der Waals surface area contributed by atoms with E-state index in [0.717, 1.165) is 36.3 Å². The van der Waals surface area contributed by atoms with E-state index in [2.05, 4.69) is 39.0 Å². The standard InChI is InChI=1S/C24H28N6O2/c1-4-17-7-6-8-18(13-17)27-23-19-14-21(22(32-3)15-20(19)25-16-26-23)28-24(31)30-11-9-29(5-2)10-12-30/h4,6-8,13-16H,1,5,9-12H2,2-3H3,(H,28,31)(H,25,26,27). The van der Waals surface area contributed by atoms with Gasteiger partial charge in [-0.15, -0.1) is 0 Å². The summed E-state index contributed by atoms with van der Waals surface area (Å²) < 4.78 is 5.53. The number of amides is 2. The van der Waals surface area contributed by atoms with Gasteiger partial charge in [0.2, 0.25) is 0 Å². The molecule has 4 rings (SSSR count). The maximum Gasteiger partial charge on any atom is 0.322 e. The minimum atomic E-state index is -0.136. The Hall–Kier alpha value is -3.65. The highest BCUT2D eigenvalue weighted by molar-refractivity contribution is 5.99. The summed E-state index contributed by atoms with van der Waals surface area (Å²) in [6, 6.07) is 11.4. The average Bonchev–Trinajstić information content (AvgIpc) is 2.84. The fourth-order valence-electron chi connectivity index (χ4n) is 3.79. The van der Waals surface area contributed by atoms with Crippen LogP contribution in [-0.4, -0.2) is 65.6 Å². The number of hydrogen-bond donors (Lipinski definition) is 2. The molecule has 1 fully saturated rings. The van der Waals surface area contributed by atoms with E-state index < -0.39 is 0 Å². The molecule has 32 heavy (non-hydrogen) atoms. The van der Waals surface area contributed by atoms with Crippen LogP contribution in [0.3, 0.4) is 0 Å². The van der Waals surface area contributed by atoms with Gasteiger partial charge in [-0.1, -0.05) is 31.7 Å². The number of fused-ring (bicyclic) bond motifs is 1. The molecule has 2 N–H and O–H groups in total. The number of carbonyl (C=O) groups is 1. The molecule has 0 radical (unpaired) electrons. The fourth-order valence-corrected chi connectivity index (χ4v) is 3.79. The molecular weight excluding hydrogens is 404 g/mol. The lowest BCUT2D eigenvalue weighted by molar-refractivity contribution is 0.151. The number of methoxy groups -OCH3 is 1. The van der Waals surface area contributed by atoms with Crippen molar-refractivity contribution < 1.29 is 9.53 Å². The monoisotopic (exact) mass is 432 g/mol. The van der Waals surface area contributed by atoms with E-state index in [0.29, 0.717) is 35.9 Å². The van der Waals surface area contributed by atoms with Gasteiger partial charge in [-0.05, 0) is 30.3 Å². The highest BCUT2D eigenvalue weighted by atomic mass is 16.5. The Morgan fingerprint density at radius 3 is 2.72 bits per heavy atom. The number of anilines is 3. The molecule has 0 atom stereocenters. The summed E-state index contributed by atoms with van der Waals surface area (Å²) in [7, 11) is 1.58. The summed E-state index contributed by atoms with van der Waals surface area (Å²) in [4.78, 5) is 25.9. The molecular formula is C24H28N6O2. The summed E-state index contributed by atoms with van der Waals surface area (Å²) in [6.45, 7) is 10.1. The fraction of sp³-hybridized carbons (Fsp3) is 0.292. The SMILES string of the molecule is C=Cc1cccc(Nc2ncnc3cc(OC)c(NC(=O)N4CCN(CC)CC4)cc23)c1. The summed E-state index contributed by atoms with van der Waals surface area (Å²) in [5, 5.41) is 7.14. The number of ether oxygens (including phenoxy) is 1. The predicted octanol–water partition coefficient (Wildman–Crippen LogP) is 4.19. The van der Waals surface area contributed by atoms with Crippen LogP contribution in [0.25, 0.3) is 17.0 Å². The van der Waals surface area contributed by atoms with Crippen molar-refractivity contribution in [2.45, 2.75) is 6.92 Å². The Morgan fingerprint density at radius 2 is 2.00 bits per heavy atom. The minimum Gasteiger partial charge on any atom is -0.494 e. The lowest BCUT2D eigenvalue weighted by Crippen LogP contribution is -2.49. The number of rotatable bonds is 6. The van der Waals surface area contributed by atoms with Gasteiger partial charge in [-0.25, -0.2) is 14.8 Å². The second-order valence-electron chi connectivity index (χ2n) is 7.60. The zero-order valence-electron chi connectivity index (χ0n) is 18.5. The van der Waals surface area contributed by atoms with E-state index in [4.69, 9.17) is 4.74 Å². The van der Waals surface area contributed by atoms with E-state index in [1.54, 1.807) is 13.2 Å². The second-order valence-corrected chi connectivity index (χ2v) is 7.60. The van der Waals surface area contributed by atoms with Crippen LogP contribution in [0.15, 0.2) is 49.3 Å². The molecule has 1 saturated heterocycles. The molecule has 0 unspecified atom stereocenters. The lowest BCUT2D eigenvalue weighted by atomic mass is 10.1. The Balaban J connectivity index is 1.62. The Morgan fingerprint density at radius 1 is 1.19 bits per heavy atom. The molecule has 2 aromatic carbocycles. The first-order valence-electron chi connectivity index (χ1n) is 10.7. The summed E-state index contributed by atoms with van der Waals surface area (Å²) in [5.74, 6) is 1.20. The van der Waals surface area contributed by atoms with Gasteiger partial charge in [0.1, 0.15) is 17.9 Å². The summed E-state index contributed by atoms with van der Waals surface area (Å²) >= 11 is 0. The zero-order chi connectivity index (χ0) is 22.5. The Labute approximate surface area is 187 Å². The number of likely N-dealkylation sites (N-methyl/N-ethyl adjacent to an activating group) is 1.